The van der Waals surface area contributed by atoms with Crippen LogP contribution in [-0.2, 0) is 6.54 Å². The molecule has 0 heterocycles. The fraction of sp³-hybridized carbons (Fsp3) is 0.600. The number of rotatable bonds is 8. The summed E-state index contributed by atoms with van der Waals surface area (Å²) in [4.78, 5) is 0. The van der Waals surface area contributed by atoms with Gasteiger partial charge in [0.15, 0.2) is 0 Å². The minimum atomic E-state index is 0.144. The van der Waals surface area contributed by atoms with Gasteiger partial charge in [-0.3, -0.25) is 0 Å². The van der Waals surface area contributed by atoms with E-state index < -0.39 is 0 Å². The molecule has 1 rings (SSSR count). The Kier molecular flexibility index (Phi) is 6.12. The van der Waals surface area contributed by atoms with Crippen molar-refractivity contribution in [2.45, 2.75) is 33.2 Å². The van der Waals surface area contributed by atoms with Crippen LogP contribution in [0.4, 0.5) is 0 Å². The normalized spacial score (nSPS) is 11.6. The van der Waals surface area contributed by atoms with E-state index in [1.54, 1.807) is 13.2 Å². The lowest BCUT2D eigenvalue weighted by atomic mass is 9.88. The lowest BCUT2D eigenvalue weighted by molar-refractivity contribution is 0.236. The number of benzene rings is 1. The van der Waals surface area contributed by atoms with Gasteiger partial charge in [-0.15, -0.1) is 0 Å². The number of phenols is 1. The number of aliphatic hydroxyl groups is 1. The SMILES string of the molecule is COc1ccc(CNCC(C)(C)CCCO)c(O)c1. The minimum absolute atomic E-state index is 0.144. The molecule has 4 nitrogen and oxygen atoms in total. The lowest BCUT2D eigenvalue weighted by Gasteiger charge is -2.24. The van der Waals surface area contributed by atoms with Crippen molar-refractivity contribution in [2.24, 2.45) is 5.41 Å². The molecule has 0 spiro atoms. The zero-order valence-electron chi connectivity index (χ0n) is 12.1. The summed E-state index contributed by atoms with van der Waals surface area (Å²) in [6.07, 6.45) is 1.80. The minimum Gasteiger partial charge on any atom is -0.507 e. The molecule has 4 heteroatoms. The van der Waals surface area contributed by atoms with Crippen LogP contribution in [0.1, 0.15) is 32.3 Å². The molecule has 0 radical (unpaired) electrons. The van der Waals surface area contributed by atoms with E-state index in [1.165, 1.54) is 0 Å². The predicted molar refractivity (Wildman–Crippen MR) is 76.5 cm³/mol. The summed E-state index contributed by atoms with van der Waals surface area (Å²) in [6, 6.07) is 5.32. The lowest BCUT2D eigenvalue weighted by Crippen LogP contribution is -2.29. The number of aromatic hydroxyl groups is 1. The van der Waals surface area contributed by atoms with Crippen LogP contribution < -0.4 is 10.1 Å². The Morgan fingerprint density at radius 3 is 2.63 bits per heavy atom. The maximum atomic E-state index is 9.84. The van der Waals surface area contributed by atoms with Crippen molar-refractivity contribution in [1.29, 1.82) is 0 Å². The Hall–Kier alpha value is -1.26. The third kappa shape index (κ3) is 5.49. The summed E-state index contributed by atoms with van der Waals surface area (Å²) in [5.41, 5.74) is 1.00. The summed E-state index contributed by atoms with van der Waals surface area (Å²) in [6.45, 7) is 6.05. The molecular formula is C15H25NO3. The van der Waals surface area contributed by atoms with Gasteiger partial charge in [-0.2, -0.15) is 0 Å². The van der Waals surface area contributed by atoms with Gasteiger partial charge in [0.2, 0.25) is 0 Å². The fourth-order valence-electron chi connectivity index (χ4n) is 2.00. The van der Waals surface area contributed by atoms with Crippen LogP contribution in [-0.4, -0.2) is 30.5 Å². The average molecular weight is 267 g/mol. The van der Waals surface area contributed by atoms with Gasteiger partial charge in [0.1, 0.15) is 11.5 Å². The second kappa shape index (κ2) is 7.36. The van der Waals surface area contributed by atoms with E-state index >= 15 is 0 Å². The van der Waals surface area contributed by atoms with Gasteiger partial charge in [-0.25, -0.2) is 0 Å². The van der Waals surface area contributed by atoms with Crippen LogP contribution in [0, 0.1) is 5.41 Å². The summed E-state index contributed by atoms with van der Waals surface area (Å²) in [5.74, 6) is 0.907. The van der Waals surface area contributed by atoms with E-state index in [1.807, 2.05) is 12.1 Å². The number of methoxy groups -OCH3 is 1. The number of nitrogens with one attached hydrogen (secondary N) is 1. The van der Waals surface area contributed by atoms with Gasteiger partial charge in [0.25, 0.3) is 0 Å². The first kappa shape index (κ1) is 15.8. The van der Waals surface area contributed by atoms with Crippen LogP contribution in [0.2, 0.25) is 0 Å². The molecule has 0 fully saturated rings. The molecule has 0 saturated carbocycles. The largest absolute Gasteiger partial charge is 0.507 e. The van der Waals surface area contributed by atoms with Crippen molar-refractivity contribution in [1.82, 2.24) is 5.32 Å². The third-order valence-electron chi connectivity index (χ3n) is 3.22. The van der Waals surface area contributed by atoms with Crippen molar-refractivity contribution in [3.8, 4) is 11.5 Å². The molecule has 0 atom stereocenters. The summed E-state index contributed by atoms with van der Waals surface area (Å²) >= 11 is 0. The van der Waals surface area contributed by atoms with E-state index in [2.05, 4.69) is 19.2 Å². The molecule has 1 aromatic carbocycles. The molecule has 0 aromatic heterocycles. The molecule has 108 valence electrons. The van der Waals surface area contributed by atoms with Gasteiger partial charge in [0, 0.05) is 31.3 Å². The van der Waals surface area contributed by atoms with Crippen LogP contribution in [0.5, 0.6) is 11.5 Å². The van der Waals surface area contributed by atoms with Crippen molar-refractivity contribution in [2.75, 3.05) is 20.3 Å². The summed E-state index contributed by atoms with van der Waals surface area (Å²) in [5, 5.41) is 22.0. The second-order valence-corrected chi connectivity index (χ2v) is 5.59. The highest BCUT2D eigenvalue weighted by Crippen LogP contribution is 2.24. The molecule has 0 aliphatic carbocycles. The average Bonchev–Trinajstić information content (AvgIpc) is 2.38. The molecule has 0 unspecified atom stereocenters. The zero-order valence-corrected chi connectivity index (χ0v) is 12.1. The van der Waals surface area contributed by atoms with Gasteiger partial charge < -0.3 is 20.3 Å². The van der Waals surface area contributed by atoms with E-state index in [9.17, 15) is 5.11 Å². The standard InChI is InChI=1S/C15H25NO3/c1-15(2,7-4-8-17)11-16-10-12-5-6-13(19-3)9-14(12)18/h5-6,9,16-18H,4,7-8,10-11H2,1-3H3. The first-order valence-electron chi connectivity index (χ1n) is 6.66. The molecule has 0 saturated heterocycles. The topological polar surface area (TPSA) is 61.7 Å². The molecular weight excluding hydrogens is 242 g/mol. The Morgan fingerprint density at radius 1 is 1.32 bits per heavy atom. The maximum absolute atomic E-state index is 9.84. The molecule has 3 N–H and O–H groups in total. The first-order chi connectivity index (χ1) is 8.98. The van der Waals surface area contributed by atoms with Gasteiger partial charge in [0.05, 0.1) is 7.11 Å². The smallest absolute Gasteiger partial charge is 0.123 e. The van der Waals surface area contributed by atoms with Crippen molar-refractivity contribution < 1.29 is 14.9 Å². The number of phenolic OH excluding ortho intramolecular Hbond substituents is 1. The molecule has 0 bridgehead atoms. The Balaban J connectivity index is 2.44. The molecule has 0 aliphatic rings. The van der Waals surface area contributed by atoms with Crippen LogP contribution in [0.3, 0.4) is 0 Å². The van der Waals surface area contributed by atoms with E-state index in [4.69, 9.17) is 9.84 Å². The van der Waals surface area contributed by atoms with E-state index in [0.29, 0.717) is 12.3 Å². The van der Waals surface area contributed by atoms with Crippen LogP contribution >= 0.6 is 0 Å². The van der Waals surface area contributed by atoms with Gasteiger partial charge in [-0.1, -0.05) is 19.9 Å². The number of hydrogen-bond acceptors (Lipinski definition) is 4. The second-order valence-electron chi connectivity index (χ2n) is 5.59. The number of ether oxygens (including phenoxy) is 1. The summed E-state index contributed by atoms with van der Waals surface area (Å²) < 4.78 is 5.05. The monoisotopic (exact) mass is 267 g/mol. The Labute approximate surface area is 115 Å². The maximum Gasteiger partial charge on any atom is 0.123 e. The highest BCUT2D eigenvalue weighted by atomic mass is 16.5. The number of aliphatic hydroxyl groups excluding tert-OH is 1. The molecule has 0 amide bonds. The third-order valence-corrected chi connectivity index (χ3v) is 3.22. The molecule has 1 aromatic rings. The van der Waals surface area contributed by atoms with Crippen molar-refractivity contribution >= 4 is 0 Å². The highest BCUT2D eigenvalue weighted by Gasteiger charge is 2.16. The molecule has 0 aliphatic heterocycles. The van der Waals surface area contributed by atoms with Gasteiger partial charge in [-0.05, 0) is 24.3 Å². The Bertz CT molecular complexity index is 391. The van der Waals surface area contributed by atoms with E-state index in [0.717, 1.165) is 24.9 Å². The van der Waals surface area contributed by atoms with Crippen molar-refractivity contribution in [3.63, 3.8) is 0 Å². The fourth-order valence-corrected chi connectivity index (χ4v) is 2.00. The number of hydrogen-bond donors (Lipinski definition) is 3. The zero-order chi connectivity index (χ0) is 14.3. The quantitative estimate of drug-likeness (QED) is 0.676. The first-order valence-corrected chi connectivity index (χ1v) is 6.66. The van der Waals surface area contributed by atoms with Crippen molar-refractivity contribution in [3.05, 3.63) is 23.8 Å². The van der Waals surface area contributed by atoms with Crippen LogP contribution in [0.15, 0.2) is 18.2 Å². The van der Waals surface area contributed by atoms with E-state index in [-0.39, 0.29) is 17.8 Å². The van der Waals surface area contributed by atoms with Gasteiger partial charge >= 0.3 is 0 Å². The highest BCUT2D eigenvalue weighted by molar-refractivity contribution is 5.39. The summed E-state index contributed by atoms with van der Waals surface area (Å²) in [7, 11) is 1.58. The molecule has 19 heavy (non-hydrogen) atoms. The Morgan fingerprint density at radius 2 is 2.05 bits per heavy atom. The predicted octanol–water partition coefficient (Wildman–Crippen LogP) is 2.29. The van der Waals surface area contributed by atoms with Crippen LogP contribution in [0.25, 0.3) is 0 Å².